The van der Waals surface area contributed by atoms with Gasteiger partial charge in [0.15, 0.2) is 0 Å². The fourth-order valence-electron chi connectivity index (χ4n) is 2.67. The molecule has 0 bridgehead atoms. The molecule has 1 aliphatic rings. The number of phenolic OH excluding ortho intramolecular Hbond substituents is 1. The Morgan fingerprint density at radius 1 is 1.20 bits per heavy atom. The molecule has 0 saturated heterocycles. The van der Waals surface area contributed by atoms with Gasteiger partial charge >= 0.3 is 0 Å². The maximum absolute atomic E-state index is 13.4. The third-order valence-electron chi connectivity index (χ3n) is 3.72. The Hall–Kier alpha value is -2.07. The molecule has 2 aromatic carbocycles. The summed E-state index contributed by atoms with van der Waals surface area (Å²) >= 11 is 0. The summed E-state index contributed by atoms with van der Waals surface area (Å²) in [7, 11) is 0. The molecule has 0 fully saturated rings. The van der Waals surface area contributed by atoms with Crippen LogP contribution >= 0.6 is 0 Å². The SMILES string of the molecule is CC(O)c1ccc(N2CCc3ccc(F)cc32)cc1O. The van der Waals surface area contributed by atoms with E-state index < -0.39 is 6.10 Å². The largest absolute Gasteiger partial charge is 0.507 e. The Bertz CT molecular complexity index is 655. The molecule has 1 heterocycles. The number of rotatable bonds is 2. The van der Waals surface area contributed by atoms with Crippen molar-refractivity contribution in [1.82, 2.24) is 0 Å². The van der Waals surface area contributed by atoms with Crippen molar-refractivity contribution in [2.24, 2.45) is 0 Å². The number of benzene rings is 2. The highest BCUT2D eigenvalue weighted by molar-refractivity contribution is 5.71. The van der Waals surface area contributed by atoms with Crippen molar-refractivity contribution in [2.45, 2.75) is 19.4 Å². The van der Waals surface area contributed by atoms with Crippen molar-refractivity contribution >= 4 is 11.4 Å². The minimum Gasteiger partial charge on any atom is -0.507 e. The van der Waals surface area contributed by atoms with E-state index in [0.717, 1.165) is 29.9 Å². The summed E-state index contributed by atoms with van der Waals surface area (Å²) in [5.74, 6) is -0.206. The molecule has 1 aliphatic heterocycles. The lowest BCUT2D eigenvalue weighted by molar-refractivity contribution is 0.195. The first-order chi connectivity index (χ1) is 9.56. The molecule has 0 aliphatic carbocycles. The number of phenols is 1. The first-order valence-electron chi connectivity index (χ1n) is 6.63. The molecule has 0 amide bonds. The Kier molecular flexibility index (Phi) is 3.10. The second kappa shape index (κ2) is 4.80. The topological polar surface area (TPSA) is 43.7 Å². The van der Waals surface area contributed by atoms with Crippen LogP contribution in [0, 0.1) is 5.82 Å². The van der Waals surface area contributed by atoms with Crippen molar-refractivity contribution in [3.05, 3.63) is 53.3 Å². The van der Waals surface area contributed by atoms with E-state index in [9.17, 15) is 14.6 Å². The maximum atomic E-state index is 13.4. The van der Waals surface area contributed by atoms with Gasteiger partial charge in [0.25, 0.3) is 0 Å². The van der Waals surface area contributed by atoms with Gasteiger partial charge in [-0.3, -0.25) is 0 Å². The zero-order valence-corrected chi connectivity index (χ0v) is 11.2. The highest BCUT2D eigenvalue weighted by Gasteiger charge is 2.22. The number of fused-ring (bicyclic) bond motifs is 1. The number of halogens is 1. The molecule has 2 aromatic rings. The van der Waals surface area contributed by atoms with Crippen molar-refractivity contribution in [1.29, 1.82) is 0 Å². The molecular weight excluding hydrogens is 257 g/mol. The molecule has 3 nitrogen and oxygen atoms in total. The molecule has 0 saturated carbocycles. The number of aliphatic hydroxyl groups is 1. The average Bonchev–Trinajstić information content (AvgIpc) is 2.81. The third kappa shape index (κ3) is 2.12. The summed E-state index contributed by atoms with van der Waals surface area (Å²) in [6, 6.07) is 9.93. The van der Waals surface area contributed by atoms with Gasteiger partial charge in [0.05, 0.1) is 6.10 Å². The Balaban J connectivity index is 2.00. The zero-order chi connectivity index (χ0) is 14.3. The van der Waals surface area contributed by atoms with E-state index in [4.69, 9.17) is 0 Å². The van der Waals surface area contributed by atoms with E-state index in [1.54, 1.807) is 25.1 Å². The second-order valence-electron chi connectivity index (χ2n) is 5.09. The summed E-state index contributed by atoms with van der Waals surface area (Å²) in [6.45, 7) is 2.36. The van der Waals surface area contributed by atoms with Gasteiger partial charge in [-0.15, -0.1) is 0 Å². The normalized spacial score (nSPS) is 15.2. The lowest BCUT2D eigenvalue weighted by atomic mass is 10.1. The summed E-state index contributed by atoms with van der Waals surface area (Å²) in [4.78, 5) is 1.98. The predicted octanol–water partition coefficient (Wildman–Crippen LogP) is 3.28. The van der Waals surface area contributed by atoms with Gasteiger partial charge in [0, 0.05) is 29.5 Å². The van der Waals surface area contributed by atoms with Crippen LogP contribution in [-0.4, -0.2) is 16.8 Å². The van der Waals surface area contributed by atoms with Crippen LogP contribution in [0.2, 0.25) is 0 Å². The predicted molar refractivity (Wildman–Crippen MR) is 75.9 cm³/mol. The van der Waals surface area contributed by atoms with E-state index in [2.05, 4.69) is 0 Å². The number of hydrogen-bond donors (Lipinski definition) is 2. The van der Waals surface area contributed by atoms with Gasteiger partial charge in [-0.1, -0.05) is 12.1 Å². The fraction of sp³-hybridized carbons (Fsp3) is 0.250. The van der Waals surface area contributed by atoms with Crippen LogP contribution in [0.15, 0.2) is 36.4 Å². The molecule has 1 unspecified atom stereocenters. The van der Waals surface area contributed by atoms with Crippen LogP contribution < -0.4 is 4.90 Å². The summed E-state index contributed by atoms with van der Waals surface area (Å²) in [5, 5.41) is 19.5. The monoisotopic (exact) mass is 273 g/mol. The van der Waals surface area contributed by atoms with Gasteiger partial charge in [0.2, 0.25) is 0 Å². The molecule has 0 radical (unpaired) electrons. The third-order valence-corrected chi connectivity index (χ3v) is 3.72. The Morgan fingerprint density at radius 3 is 2.70 bits per heavy atom. The van der Waals surface area contributed by atoms with E-state index >= 15 is 0 Å². The molecule has 4 heteroatoms. The Labute approximate surface area is 116 Å². The van der Waals surface area contributed by atoms with Gasteiger partial charge in [-0.2, -0.15) is 0 Å². The fourth-order valence-corrected chi connectivity index (χ4v) is 2.67. The summed E-state index contributed by atoms with van der Waals surface area (Å²) < 4.78 is 13.4. The first-order valence-corrected chi connectivity index (χ1v) is 6.63. The molecule has 0 aromatic heterocycles. The number of aromatic hydroxyl groups is 1. The van der Waals surface area contributed by atoms with Crippen LogP contribution in [0.1, 0.15) is 24.2 Å². The zero-order valence-electron chi connectivity index (χ0n) is 11.2. The lowest BCUT2D eigenvalue weighted by Gasteiger charge is -2.21. The summed E-state index contributed by atoms with van der Waals surface area (Å²) in [6.07, 6.45) is 0.140. The van der Waals surface area contributed by atoms with E-state index in [-0.39, 0.29) is 11.6 Å². The van der Waals surface area contributed by atoms with E-state index in [0.29, 0.717) is 5.56 Å². The first kappa shape index (κ1) is 12.9. The molecular formula is C16H16FNO2. The van der Waals surface area contributed by atoms with Gasteiger partial charge in [-0.05, 0) is 37.1 Å². The lowest BCUT2D eigenvalue weighted by Crippen LogP contribution is -2.13. The summed E-state index contributed by atoms with van der Waals surface area (Å²) in [5.41, 5.74) is 3.24. The van der Waals surface area contributed by atoms with Crippen LogP contribution in [0.4, 0.5) is 15.8 Å². The van der Waals surface area contributed by atoms with Gasteiger partial charge in [0.1, 0.15) is 11.6 Å². The highest BCUT2D eigenvalue weighted by Crippen LogP contribution is 2.37. The number of nitrogens with zero attached hydrogens (tertiary/aromatic N) is 1. The minimum atomic E-state index is -0.715. The molecule has 104 valence electrons. The van der Waals surface area contributed by atoms with Crippen LogP contribution in [0.3, 0.4) is 0 Å². The number of aliphatic hydroxyl groups excluding tert-OH is 1. The quantitative estimate of drug-likeness (QED) is 0.882. The number of hydrogen-bond acceptors (Lipinski definition) is 3. The molecule has 0 spiro atoms. The standard InChI is InChI=1S/C16H16FNO2/c1-10(19)14-5-4-13(9-16(14)20)18-7-6-11-2-3-12(17)8-15(11)18/h2-5,8-10,19-20H,6-7H2,1H3. The van der Waals surface area contributed by atoms with Crippen molar-refractivity contribution in [2.75, 3.05) is 11.4 Å². The highest BCUT2D eigenvalue weighted by atomic mass is 19.1. The van der Waals surface area contributed by atoms with Crippen molar-refractivity contribution < 1.29 is 14.6 Å². The molecule has 2 N–H and O–H groups in total. The second-order valence-corrected chi connectivity index (χ2v) is 5.09. The van der Waals surface area contributed by atoms with Gasteiger partial charge in [-0.25, -0.2) is 4.39 Å². The number of anilines is 2. The van der Waals surface area contributed by atoms with Gasteiger partial charge < -0.3 is 15.1 Å². The van der Waals surface area contributed by atoms with Crippen LogP contribution in [0.25, 0.3) is 0 Å². The van der Waals surface area contributed by atoms with Crippen LogP contribution in [-0.2, 0) is 6.42 Å². The van der Waals surface area contributed by atoms with Crippen molar-refractivity contribution in [3.63, 3.8) is 0 Å². The van der Waals surface area contributed by atoms with Crippen molar-refractivity contribution in [3.8, 4) is 5.75 Å². The van der Waals surface area contributed by atoms with E-state index in [1.165, 1.54) is 12.1 Å². The maximum Gasteiger partial charge on any atom is 0.125 e. The smallest absolute Gasteiger partial charge is 0.125 e. The molecule has 20 heavy (non-hydrogen) atoms. The Morgan fingerprint density at radius 2 is 2.00 bits per heavy atom. The minimum absolute atomic E-state index is 0.0577. The van der Waals surface area contributed by atoms with Crippen LogP contribution in [0.5, 0.6) is 5.75 Å². The average molecular weight is 273 g/mol. The van der Waals surface area contributed by atoms with E-state index in [1.807, 2.05) is 11.0 Å². The molecule has 3 rings (SSSR count). The molecule has 1 atom stereocenters.